The molecule has 1 aliphatic heterocycles. The first-order valence-electron chi connectivity index (χ1n) is 6.42. The molecule has 106 valence electrons. The number of pyridine rings is 2. The molecule has 0 atom stereocenters. The summed E-state index contributed by atoms with van der Waals surface area (Å²) < 4.78 is 0. The zero-order valence-electron chi connectivity index (χ0n) is 11.2. The zero-order valence-corrected chi connectivity index (χ0v) is 11.2. The van der Waals surface area contributed by atoms with E-state index in [1.54, 1.807) is 23.2 Å². The van der Waals surface area contributed by atoms with E-state index in [-0.39, 0.29) is 17.2 Å². The van der Waals surface area contributed by atoms with Crippen molar-refractivity contribution in [3.8, 4) is 0 Å². The number of hydrogen-bond donors (Lipinski definition) is 2. The number of carbonyl (C=O) groups is 2. The number of aromatic amines is 1. The van der Waals surface area contributed by atoms with Crippen LogP contribution >= 0.6 is 0 Å². The lowest BCUT2D eigenvalue weighted by Gasteiger charge is -2.22. The molecule has 1 amide bonds. The van der Waals surface area contributed by atoms with Crippen molar-refractivity contribution >= 4 is 29.5 Å². The van der Waals surface area contributed by atoms with Crippen LogP contribution in [0, 0.1) is 0 Å². The SMILES string of the molecule is CCN1c2ncccc2C(=O)Nc2c(C=O)cc(=O)[nH]c21. The van der Waals surface area contributed by atoms with E-state index in [4.69, 9.17) is 0 Å². The highest BCUT2D eigenvalue weighted by Crippen LogP contribution is 2.35. The summed E-state index contributed by atoms with van der Waals surface area (Å²) in [6.45, 7) is 2.34. The average molecular weight is 284 g/mol. The molecule has 0 unspecified atom stereocenters. The lowest BCUT2D eigenvalue weighted by molar-refractivity contribution is 0.102. The molecule has 2 N–H and O–H groups in total. The Bertz CT molecular complexity index is 797. The van der Waals surface area contributed by atoms with Gasteiger partial charge in [-0.05, 0) is 19.1 Å². The smallest absolute Gasteiger partial charge is 0.259 e. The number of rotatable bonds is 2. The molecule has 2 aromatic heterocycles. The Morgan fingerprint density at radius 1 is 1.38 bits per heavy atom. The molecule has 21 heavy (non-hydrogen) atoms. The van der Waals surface area contributed by atoms with Gasteiger partial charge >= 0.3 is 0 Å². The summed E-state index contributed by atoms with van der Waals surface area (Å²) >= 11 is 0. The number of carbonyl (C=O) groups excluding carboxylic acids is 2. The maximum absolute atomic E-state index is 12.3. The molecular formula is C14H12N4O3. The maximum Gasteiger partial charge on any atom is 0.259 e. The Hall–Kier alpha value is -2.96. The molecule has 7 heteroatoms. The molecule has 0 aliphatic carbocycles. The number of aromatic nitrogens is 2. The zero-order chi connectivity index (χ0) is 15.0. The summed E-state index contributed by atoms with van der Waals surface area (Å²) in [5, 5.41) is 2.67. The lowest BCUT2D eigenvalue weighted by atomic mass is 10.2. The Morgan fingerprint density at radius 2 is 2.19 bits per heavy atom. The second-order valence-corrected chi connectivity index (χ2v) is 4.50. The summed E-state index contributed by atoms with van der Waals surface area (Å²) in [6.07, 6.45) is 2.12. The van der Waals surface area contributed by atoms with Gasteiger partial charge in [0.1, 0.15) is 11.6 Å². The monoisotopic (exact) mass is 284 g/mol. The van der Waals surface area contributed by atoms with Gasteiger partial charge in [0, 0.05) is 24.4 Å². The second kappa shape index (κ2) is 4.86. The first kappa shape index (κ1) is 13.0. The molecule has 0 saturated carbocycles. The van der Waals surface area contributed by atoms with Crippen molar-refractivity contribution in [2.45, 2.75) is 6.92 Å². The molecule has 0 saturated heterocycles. The summed E-state index contributed by atoms with van der Waals surface area (Å²) in [4.78, 5) is 43.8. The van der Waals surface area contributed by atoms with E-state index in [9.17, 15) is 14.4 Å². The standard InChI is InChI=1S/C14H12N4O3/c1-2-18-12-9(4-3-5-15-12)14(21)17-11-8(7-19)6-10(20)16-13(11)18/h3-7H,2H2,1H3,(H,16,20)(H,17,21). The van der Waals surface area contributed by atoms with Crippen molar-refractivity contribution in [2.24, 2.45) is 0 Å². The van der Waals surface area contributed by atoms with Crippen LogP contribution in [0.3, 0.4) is 0 Å². The van der Waals surface area contributed by atoms with E-state index in [1.807, 2.05) is 6.92 Å². The van der Waals surface area contributed by atoms with Crippen LogP contribution in [0.25, 0.3) is 0 Å². The molecule has 1 aliphatic rings. The molecule has 0 radical (unpaired) electrons. The van der Waals surface area contributed by atoms with Crippen LogP contribution in [0.5, 0.6) is 0 Å². The van der Waals surface area contributed by atoms with Crippen LogP contribution in [0.2, 0.25) is 0 Å². The van der Waals surface area contributed by atoms with Crippen LogP contribution < -0.4 is 15.8 Å². The molecule has 0 spiro atoms. The molecule has 0 bridgehead atoms. The lowest BCUT2D eigenvalue weighted by Crippen LogP contribution is -2.22. The van der Waals surface area contributed by atoms with Gasteiger partial charge in [-0.1, -0.05) is 0 Å². The fraction of sp³-hybridized carbons (Fsp3) is 0.143. The minimum absolute atomic E-state index is 0.133. The number of aldehydes is 1. The van der Waals surface area contributed by atoms with E-state index >= 15 is 0 Å². The van der Waals surface area contributed by atoms with Crippen molar-refractivity contribution in [3.63, 3.8) is 0 Å². The van der Waals surface area contributed by atoms with Gasteiger partial charge in [-0.3, -0.25) is 14.4 Å². The molecule has 0 aromatic carbocycles. The third-order valence-corrected chi connectivity index (χ3v) is 3.29. The highest BCUT2D eigenvalue weighted by Gasteiger charge is 2.27. The molecular weight excluding hydrogens is 272 g/mol. The first-order chi connectivity index (χ1) is 10.2. The topological polar surface area (TPSA) is 95.2 Å². The Kier molecular flexibility index (Phi) is 3.02. The number of hydrogen-bond acceptors (Lipinski definition) is 5. The quantitative estimate of drug-likeness (QED) is 0.811. The van der Waals surface area contributed by atoms with Gasteiger partial charge in [-0.15, -0.1) is 0 Å². The van der Waals surface area contributed by atoms with Crippen LogP contribution in [-0.4, -0.2) is 28.7 Å². The summed E-state index contributed by atoms with van der Waals surface area (Å²) in [7, 11) is 0. The number of anilines is 3. The van der Waals surface area contributed by atoms with E-state index in [2.05, 4.69) is 15.3 Å². The third kappa shape index (κ3) is 1.99. The fourth-order valence-electron chi connectivity index (χ4n) is 2.38. The van der Waals surface area contributed by atoms with Gasteiger partial charge < -0.3 is 15.2 Å². The molecule has 3 rings (SSSR count). The normalized spacial score (nSPS) is 13.0. The summed E-state index contributed by atoms with van der Waals surface area (Å²) in [5.41, 5.74) is 0.388. The van der Waals surface area contributed by atoms with Gasteiger partial charge in [0.25, 0.3) is 5.91 Å². The minimum Gasteiger partial charge on any atom is -0.318 e. The van der Waals surface area contributed by atoms with Crippen molar-refractivity contribution < 1.29 is 9.59 Å². The predicted molar refractivity (Wildman–Crippen MR) is 77.3 cm³/mol. The Labute approximate surface area is 119 Å². The first-order valence-corrected chi connectivity index (χ1v) is 6.42. The highest BCUT2D eigenvalue weighted by atomic mass is 16.2. The van der Waals surface area contributed by atoms with E-state index in [1.165, 1.54) is 0 Å². The maximum atomic E-state index is 12.3. The Balaban J connectivity index is 2.35. The van der Waals surface area contributed by atoms with Gasteiger partial charge in [0.2, 0.25) is 5.56 Å². The van der Waals surface area contributed by atoms with E-state index in [0.29, 0.717) is 30.0 Å². The minimum atomic E-state index is -0.414. The fourth-order valence-corrected chi connectivity index (χ4v) is 2.38. The van der Waals surface area contributed by atoms with Crippen LogP contribution in [0.4, 0.5) is 17.3 Å². The van der Waals surface area contributed by atoms with Crippen LogP contribution in [0.1, 0.15) is 27.6 Å². The van der Waals surface area contributed by atoms with Crippen LogP contribution in [0.15, 0.2) is 29.2 Å². The molecule has 0 fully saturated rings. The van der Waals surface area contributed by atoms with E-state index in [0.717, 1.165) is 6.07 Å². The van der Waals surface area contributed by atoms with Crippen LogP contribution in [-0.2, 0) is 0 Å². The summed E-state index contributed by atoms with van der Waals surface area (Å²) in [5.74, 6) is 0.429. The number of amides is 1. The number of H-pyrrole nitrogens is 1. The number of nitrogens with zero attached hydrogens (tertiary/aromatic N) is 2. The van der Waals surface area contributed by atoms with Gasteiger partial charge in [0.05, 0.1) is 11.3 Å². The Morgan fingerprint density at radius 3 is 2.90 bits per heavy atom. The summed E-state index contributed by atoms with van der Waals surface area (Å²) in [6, 6.07) is 4.46. The van der Waals surface area contributed by atoms with Gasteiger partial charge in [0.15, 0.2) is 6.29 Å². The van der Waals surface area contributed by atoms with Crippen molar-refractivity contribution in [1.29, 1.82) is 0 Å². The number of fused-ring (bicyclic) bond motifs is 2. The van der Waals surface area contributed by atoms with Crippen molar-refractivity contribution in [2.75, 3.05) is 16.8 Å². The van der Waals surface area contributed by atoms with Gasteiger partial charge in [-0.2, -0.15) is 0 Å². The highest BCUT2D eigenvalue weighted by molar-refractivity contribution is 6.13. The largest absolute Gasteiger partial charge is 0.318 e. The molecule has 7 nitrogen and oxygen atoms in total. The second-order valence-electron chi connectivity index (χ2n) is 4.50. The third-order valence-electron chi connectivity index (χ3n) is 3.29. The molecule has 3 heterocycles. The van der Waals surface area contributed by atoms with Crippen molar-refractivity contribution in [3.05, 3.63) is 45.9 Å². The predicted octanol–water partition coefficient (Wildman–Crippen LogP) is 1.31. The number of nitrogens with one attached hydrogen (secondary N) is 2. The van der Waals surface area contributed by atoms with E-state index < -0.39 is 5.56 Å². The van der Waals surface area contributed by atoms with Gasteiger partial charge in [-0.25, -0.2) is 4.98 Å². The van der Waals surface area contributed by atoms with Crippen molar-refractivity contribution in [1.82, 2.24) is 9.97 Å². The molecule has 2 aromatic rings. The average Bonchev–Trinajstić information content (AvgIpc) is 2.61.